The molecule has 0 aliphatic carbocycles. The second-order valence-corrected chi connectivity index (χ2v) is 5.12. The van der Waals surface area contributed by atoms with Gasteiger partial charge in [-0.05, 0) is 19.7 Å². The number of aliphatic carboxylic acids is 1. The maximum atomic E-state index is 11.3. The lowest BCUT2D eigenvalue weighted by Crippen LogP contribution is -2.56. The highest BCUT2D eigenvalue weighted by molar-refractivity contribution is 6.40. The number of rotatable bonds is 5. The van der Waals surface area contributed by atoms with E-state index >= 15 is 0 Å². The summed E-state index contributed by atoms with van der Waals surface area (Å²) in [6.07, 6.45) is 0.300. The molecule has 1 aliphatic rings. The molecule has 1 fully saturated rings. The summed E-state index contributed by atoms with van der Waals surface area (Å²) >= 11 is 0. The zero-order chi connectivity index (χ0) is 13.3. The summed E-state index contributed by atoms with van der Waals surface area (Å²) in [5.74, 6) is -0.999. The van der Waals surface area contributed by atoms with Gasteiger partial charge in [-0.25, -0.2) is 0 Å². The summed E-state index contributed by atoms with van der Waals surface area (Å²) in [5, 5.41) is 39.6. The van der Waals surface area contributed by atoms with Crippen LogP contribution in [0.25, 0.3) is 0 Å². The zero-order valence-electron chi connectivity index (χ0n) is 10.2. The third kappa shape index (κ3) is 2.47. The van der Waals surface area contributed by atoms with Gasteiger partial charge in [0.15, 0.2) is 0 Å². The minimum absolute atomic E-state index is 0.179. The standard InChI is InChI=1S/C10H20BNO5/c1-9(4-3-5-11(16)17)7(13)6-12-10(9,2)8(14)15/h7,12-13,16-17H,3-6H2,1-2H3,(H,14,15)/t7-,9+,10+/m0/s1. The molecule has 0 bridgehead atoms. The Kier molecular flexibility index (Phi) is 4.19. The number of β-amino-alcohol motifs (C(OH)–C–C–N with tert-alkyl or cyclic N) is 1. The lowest BCUT2D eigenvalue weighted by Gasteiger charge is -2.39. The lowest BCUT2D eigenvalue weighted by atomic mass is 9.66. The minimum Gasteiger partial charge on any atom is -0.480 e. The molecule has 0 aromatic rings. The van der Waals surface area contributed by atoms with Crippen molar-refractivity contribution in [3.8, 4) is 0 Å². The van der Waals surface area contributed by atoms with Crippen molar-refractivity contribution in [2.75, 3.05) is 6.54 Å². The third-order valence-electron chi connectivity index (χ3n) is 4.11. The number of aliphatic hydroxyl groups is 1. The van der Waals surface area contributed by atoms with Crippen molar-refractivity contribution in [3.05, 3.63) is 0 Å². The van der Waals surface area contributed by atoms with Gasteiger partial charge in [0.2, 0.25) is 0 Å². The molecule has 0 aromatic carbocycles. The average Bonchev–Trinajstić information content (AvgIpc) is 2.44. The maximum absolute atomic E-state index is 11.3. The van der Waals surface area contributed by atoms with Crippen LogP contribution in [-0.4, -0.2) is 51.5 Å². The first kappa shape index (κ1) is 14.4. The first-order valence-electron chi connectivity index (χ1n) is 5.76. The van der Waals surface area contributed by atoms with Crippen LogP contribution < -0.4 is 5.32 Å². The Balaban J connectivity index is 2.78. The topological polar surface area (TPSA) is 110 Å². The number of aliphatic hydroxyl groups excluding tert-OH is 1. The highest BCUT2D eigenvalue weighted by atomic mass is 16.4. The second-order valence-electron chi connectivity index (χ2n) is 5.12. The van der Waals surface area contributed by atoms with Gasteiger partial charge in [0.05, 0.1) is 6.10 Å². The fraction of sp³-hybridized carbons (Fsp3) is 0.900. The summed E-state index contributed by atoms with van der Waals surface area (Å²) in [7, 11) is -1.39. The van der Waals surface area contributed by atoms with Gasteiger partial charge in [0.1, 0.15) is 5.54 Å². The van der Waals surface area contributed by atoms with E-state index in [4.69, 9.17) is 10.0 Å². The SMILES string of the molecule is C[C@]1(C(=O)O)NC[C@H](O)[C@@]1(C)CCCB(O)O. The summed E-state index contributed by atoms with van der Waals surface area (Å²) < 4.78 is 0. The van der Waals surface area contributed by atoms with E-state index in [1.165, 1.54) is 0 Å². The smallest absolute Gasteiger partial charge is 0.451 e. The number of carbonyl (C=O) groups is 1. The molecule has 0 radical (unpaired) electrons. The van der Waals surface area contributed by atoms with E-state index in [9.17, 15) is 15.0 Å². The van der Waals surface area contributed by atoms with Gasteiger partial charge < -0.3 is 20.3 Å². The van der Waals surface area contributed by atoms with Crippen molar-refractivity contribution in [2.24, 2.45) is 5.41 Å². The molecule has 3 atom stereocenters. The van der Waals surface area contributed by atoms with Gasteiger partial charge in [-0.2, -0.15) is 0 Å². The zero-order valence-corrected chi connectivity index (χ0v) is 10.2. The molecular weight excluding hydrogens is 225 g/mol. The first-order chi connectivity index (χ1) is 7.74. The quantitative estimate of drug-likeness (QED) is 0.399. The van der Waals surface area contributed by atoms with Gasteiger partial charge in [0.25, 0.3) is 0 Å². The Bertz CT molecular complexity index is 300. The normalized spacial score (nSPS) is 37.1. The Labute approximate surface area is 101 Å². The van der Waals surface area contributed by atoms with Crippen molar-refractivity contribution in [3.63, 3.8) is 0 Å². The van der Waals surface area contributed by atoms with Crippen molar-refractivity contribution >= 4 is 13.1 Å². The number of hydrogen-bond acceptors (Lipinski definition) is 5. The van der Waals surface area contributed by atoms with Crippen LogP contribution in [0.15, 0.2) is 0 Å². The molecule has 0 saturated carbocycles. The molecule has 0 aromatic heterocycles. The van der Waals surface area contributed by atoms with Crippen molar-refractivity contribution in [1.82, 2.24) is 5.32 Å². The molecule has 0 spiro atoms. The minimum atomic E-state index is -1.39. The van der Waals surface area contributed by atoms with E-state index in [2.05, 4.69) is 5.32 Å². The van der Waals surface area contributed by atoms with Crippen LogP contribution in [0.4, 0.5) is 0 Å². The third-order valence-corrected chi connectivity index (χ3v) is 4.11. The van der Waals surface area contributed by atoms with Gasteiger partial charge in [-0.15, -0.1) is 0 Å². The van der Waals surface area contributed by atoms with Crippen LogP contribution in [-0.2, 0) is 4.79 Å². The Hall–Kier alpha value is -0.625. The second kappa shape index (κ2) is 4.93. The molecule has 1 heterocycles. The molecule has 0 unspecified atom stereocenters. The van der Waals surface area contributed by atoms with Crippen molar-refractivity contribution in [2.45, 2.75) is 44.7 Å². The number of hydrogen-bond donors (Lipinski definition) is 5. The van der Waals surface area contributed by atoms with E-state index in [0.717, 1.165) is 0 Å². The number of nitrogens with one attached hydrogen (secondary N) is 1. The van der Waals surface area contributed by atoms with E-state index in [1.54, 1.807) is 13.8 Å². The Morgan fingerprint density at radius 1 is 1.47 bits per heavy atom. The highest BCUT2D eigenvalue weighted by Crippen LogP contribution is 2.43. The lowest BCUT2D eigenvalue weighted by molar-refractivity contribution is -0.150. The van der Waals surface area contributed by atoms with Crippen molar-refractivity contribution in [1.29, 1.82) is 0 Å². The largest absolute Gasteiger partial charge is 0.480 e. The van der Waals surface area contributed by atoms with Crippen LogP contribution in [0.3, 0.4) is 0 Å². The van der Waals surface area contributed by atoms with E-state index in [-0.39, 0.29) is 12.9 Å². The average molecular weight is 245 g/mol. The van der Waals surface area contributed by atoms with E-state index < -0.39 is 30.1 Å². The molecule has 17 heavy (non-hydrogen) atoms. The Morgan fingerprint density at radius 3 is 2.53 bits per heavy atom. The first-order valence-corrected chi connectivity index (χ1v) is 5.76. The molecule has 5 N–H and O–H groups in total. The van der Waals surface area contributed by atoms with E-state index in [1.807, 2.05) is 0 Å². The molecule has 98 valence electrons. The van der Waals surface area contributed by atoms with Crippen LogP contribution in [0.5, 0.6) is 0 Å². The maximum Gasteiger partial charge on any atom is 0.451 e. The number of carboxylic acids is 1. The fourth-order valence-electron chi connectivity index (χ4n) is 2.45. The van der Waals surface area contributed by atoms with E-state index in [0.29, 0.717) is 12.8 Å². The van der Waals surface area contributed by atoms with Crippen LogP contribution >= 0.6 is 0 Å². The molecule has 6 nitrogen and oxygen atoms in total. The fourth-order valence-corrected chi connectivity index (χ4v) is 2.45. The Morgan fingerprint density at radius 2 is 2.06 bits per heavy atom. The predicted molar refractivity (Wildman–Crippen MR) is 62.4 cm³/mol. The molecule has 1 rings (SSSR count). The molecule has 0 amide bonds. The van der Waals surface area contributed by atoms with Crippen LogP contribution in [0.1, 0.15) is 26.7 Å². The summed E-state index contributed by atoms with van der Waals surface area (Å²) in [6, 6.07) is 0. The van der Waals surface area contributed by atoms with Gasteiger partial charge >= 0.3 is 13.1 Å². The summed E-state index contributed by atoms with van der Waals surface area (Å²) in [5.41, 5.74) is -2.00. The summed E-state index contributed by atoms with van der Waals surface area (Å²) in [6.45, 7) is 3.51. The predicted octanol–water partition coefficient (Wildman–Crippen LogP) is -0.947. The van der Waals surface area contributed by atoms with Crippen LogP contribution in [0.2, 0.25) is 6.32 Å². The van der Waals surface area contributed by atoms with Gasteiger partial charge in [0, 0.05) is 12.0 Å². The van der Waals surface area contributed by atoms with Crippen molar-refractivity contribution < 1.29 is 25.1 Å². The summed E-state index contributed by atoms with van der Waals surface area (Å²) in [4.78, 5) is 11.3. The van der Waals surface area contributed by atoms with Crippen LogP contribution in [0, 0.1) is 5.41 Å². The monoisotopic (exact) mass is 245 g/mol. The number of carboxylic acid groups (broad SMARTS) is 1. The van der Waals surface area contributed by atoms with Gasteiger partial charge in [-0.3, -0.25) is 10.1 Å². The highest BCUT2D eigenvalue weighted by Gasteiger charge is 2.58. The molecule has 1 saturated heterocycles. The molecular formula is C10H20BNO5. The van der Waals surface area contributed by atoms with Gasteiger partial charge in [-0.1, -0.05) is 13.3 Å². The molecule has 7 heteroatoms. The molecule has 1 aliphatic heterocycles.